The minimum Gasteiger partial charge on any atom is -0.748 e. The van der Waals surface area contributed by atoms with E-state index in [0.29, 0.717) is 5.69 Å². The number of aryl methyl sites for hydroxylation is 1. The van der Waals surface area contributed by atoms with Crippen molar-refractivity contribution in [3.8, 4) is 0 Å². The summed E-state index contributed by atoms with van der Waals surface area (Å²) in [6, 6.07) is 9.84. The number of aromatic nitrogens is 1. The molecule has 0 aliphatic rings. The molecule has 3 rings (SSSR count). The van der Waals surface area contributed by atoms with Crippen molar-refractivity contribution in [2.24, 2.45) is 10.2 Å². The van der Waals surface area contributed by atoms with Gasteiger partial charge in [0.2, 0.25) is 10.0 Å². The molecule has 0 aliphatic heterocycles. The standard InChI is InChI=1S/C17H16Cl2N4O5S2.Na/c1-10-17(11-4-2-3-5-14(11)21-10)23-22-15-8-13(19)16(9-12(15)18)30(27,28)20-6-7-29(24,25)26;/h2-5,8-9,20-21H,6-7H2,1H3,(H,24,25,26);/q;+1/p-1. The van der Waals surface area contributed by atoms with E-state index < -0.39 is 32.4 Å². The van der Waals surface area contributed by atoms with Gasteiger partial charge in [0.1, 0.15) is 16.3 Å². The van der Waals surface area contributed by atoms with Gasteiger partial charge in [-0.1, -0.05) is 41.4 Å². The first-order valence-electron chi connectivity index (χ1n) is 8.39. The average molecular weight is 513 g/mol. The molecule has 160 valence electrons. The molecule has 0 saturated heterocycles. The van der Waals surface area contributed by atoms with Crippen molar-refractivity contribution in [3.05, 3.63) is 52.1 Å². The summed E-state index contributed by atoms with van der Waals surface area (Å²) in [6.45, 7) is 1.25. The van der Waals surface area contributed by atoms with Crippen LogP contribution in [0.5, 0.6) is 0 Å². The molecule has 0 fully saturated rings. The summed E-state index contributed by atoms with van der Waals surface area (Å²) in [4.78, 5) is 2.81. The average Bonchev–Trinajstić information content (AvgIpc) is 2.96. The molecule has 0 amide bonds. The van der Waals surface area contributed by atoms with E-state index >= 15 is 0 Å². The largest absolute Gasteiger partial charge is 1.00 e. The number of hydrogen-bond acceptors (Lipinski definition) is 7. The van der Waals surface area contributed by atoms with Gasteiger partial charge in [-0.05, 0) is 25.1 Å². The van der Waals surface area contributed by atoms with Crippen LogP contribution in [0.3, 0.4) is 0 Å². The zero-order valence-electron chi connectivity index (χ0n) is 16.4. The number of azo groups is 1. The number of para-hydroxylation sites is 1. The van der Waals surface area contributed by atoms with Crippen LogP contribution in [0.25, 0.3) is 10.9 Å². The number of hydrogen-bond donors (Lipinski definition) is 2. The third kappa shape index (κ3) is 6.50. The zero-order valence-corrected chi connectivity index (χ0v) is 21.5. The summed E-state index contributed by atoms with van der Waals surface area (Å²) in [5.41, 5.74) is 2.43. The number of nitrogens with one attached hydrogen (secondary N) is 2. The van der Waals surface area contributed by atoms with Gasteiger partial charge in [-0.25, -0.2) is 21.6 Å². The van der Waals surface area contributed by atoms with Crippen molar-refractivity contribution in [1.82, 2.24) is 9.71 Å². The van der Waals surface area contributed by atoms with Gasteiger partial charge in [0.25, 0.3) is 0 Å². The number of fused-ring (bicyclic) bond motifs is 1. The summed E-state index contributed by atoms with van der Waals surface area (Å²) in [5.74, 6) is -0.895. The number of nitrogens with zero attached hydrogens (tertiary/aromatic N) is 2. The van der Waals surface area contributed by atoms with Crippen LogP contribution in [0.4, 0.5) is 11.4 Å². The Morgan fingerprint density at radius 1 is 1.06 bits per heavy atom. The Labute approximate surface area is 211 Å². The first-order valence-corrected chi connectivity index (χ1v) is 12.2. The van der Waals surface area contributed by atoms with E-state index in [1.807, 2.05) is 35.9 Å². The molecule has 31 heavy (non-hydrogen) atoms. The van der Waals surface area contributed by atoms with Crippen LogP contribution < -0.4 is 34.3 Å². The predicted molar refractivity (Wildman–Crippen MR) is 113 cm³/mol. The van der Waals surface area contributed by atoms with Gasteiger partial charge < -0.3 is 9.54 Å². The molecule has 14 heteroatoms. The minimum atomic E-state index is -4.57. The molecule has 1 aromatic heterocycles. The molecule has 0 spiro atoms. The molecule has 1 heterocycles. The van der Waals surface area contributed by atoms with Gasteiger partial charge in [-0.15, -0.1) is 10.2 Å². The van der Waals surface area contributed by atoms with Crippen LogP contribution in [0.2, 0.25) is 10.0 Å². The number of halogens is 2. The molecular formula is C17H15Cl2N4NaO5S2. The fourth-order valence-electron chi connectivity index (χ4n) is 2.67. The first kappa shape index (κ1) is 26.2. The normalized spacial score (nSPS) is 12.4. The SMILES string of the molecule is Cc1[nH]c2ccccc2c1N=Nc1cc(Cl)c(S(=O)(=O)NCCS(=O)(=O)[O-])cc1Cl.[Na+]. The number of sulfonamides is 1. The molecular weight excluding hydrogens is 498 g/mol. The first-order chi connectivity index (χ1) is 14.0. The Morgan fingerprint density at radius 2 is 1.74 bits per heavy atom. The molecule has 0 aliphatic carbocycles. The molecule has 0 atom stereocenters. The second-order valence-corrected chi connectivity index (χ2v) is 10.3. The van der Waals surface area contributed by atoms with E-state index in [1.165, 1.54) is 6.07 Å². The molecule has 9 nitrogen and oxygen atoms in total. The van der Waals surface area contributed by atoms with Crippen molar-refractivity contribution in [2.75, 3.05) is 12.3 Å². The third-order valence-corrected chi connectivity index (χ3v) is 6.98. The molecule has 0 saturated carbocycles. The molecule has 0 unspecified atom stereocenters. The van der Waals surface area contributed by atoms with Crippen LogP contribution in [-0.4, -0.2) is 38.7 Å². The topological polar surface area (TPSA) is 144 Å². The van der Waals surface area contributed by atoms with E-state index in [2.05, 4.69) is 15.2 Å². The molecule has 2 aromatic carbocycles. The maximum absolute atomic E-state index is 12.3. The number of benzene rings is 2. The second-order valence-electron chi connectivity index (χ2n) is 6.24. The third-order valence-electron chi connectivity index (χ3n) is 4.05. The molecule has 0 radical (unpaired) electrons. The monoisotopic (exact) mass is 512 g/mol. The van der Waals surface area contributed by atoms with Gasteiger partial charge in [0.15, 0.2) is 0 Å². The fourth-order valence-corrected chi connectivity index (χ4v) is 5.00. The Bertz CT molecular complexity index is 1360. The fraction of sp³-hybridized carbons (Fsp3) is 0.176. The van der Waals surface area contributed by atoms with Gasteiger partial charge in [0, 0.05) is 23.1 Å². The van der Waals surface area contributed by atoms with Crippen molar-refractivity contribution in [2.45, 2.75) is 11.8 Å². The Morgan fingerprint density at radius 3 is 2.42 bits per heavy atom. The predicted octanol–water partition coefficient (Wildman–Crippen LogP) is 1.03. The Balaban J connectivity index is 0.00000341. The van der Waals surface area contributed by atoms with Crippen molar-refractivity contribution in [3.63, 3.8) is 0 Å². The van der Waals surface area contributed by atoms with Crippen molar-refractivity contribution in [1.29, 1.82) is 0 Å². The van der Waals surface area contributed by atoms with E-state index in [4.69, 9.17) is 23.2 Å². The molecule has 3 aromatic rings. The summed E-state index contributed by atoms with van der Waals surface area (Å²) in [6.07, 6.45) is 0. The Hall–Kier alpha value is -1.02. The van der Waals surface area contributed by atoms with Crippen LogP contribution >= 0.6 is 23.2 Å². The minimum absolute atomic E-state index is 0. The number of aromatic amines is 1. The van der Waals surface area contributed by atoms with Crippen LogP contribution in [0, 0.1) is 6.92 Å². The number of H-pyrrole nitrogens is 1. The summed E-state index contributed by atoms with van der Waals surface area (Å²) in [7, 11) is -8.76. The van der Waals surface area contributed by atoms with Crippen molar-refractivity contribution < 1.29 is 50.9 Å². The van der Waals surface area contributed by atoms with Gasteiger partial charge in [0.05, 0.1) is 25.9 Å². The van der Waals surface area contributed by atoms with E-state index in [1.54, 1.807) is 0 Å². The molecule has 0 bridgehead atoms. The van der Waals surface area contributed by atoms with Gasteiger partial charge in [-0.3, -0.25) is 0 Å². The van der Waals surface area contributed by atoms with Crippen LogP contribution in [0.15, 0.2) is 51.5 Å². The number of rotatable bonds is 7. The van der Waals surface area contributed by atoms with E-state index in [9.17, 15) is 21.4 Å². The smallest absolute Gasteiger partial charge is 0.748 e. The summed E-state index contributed by atoms with van der Waals surface area (Å²) >= 11 is 12.2. The summed E-state index contributed by atoms with van der Waals surface area (Å²) in [5, 5.41) is 8.94. The molecule has 2 N–H and O–H groups in total. The maximum atomic E-state index is 12.3. The van der Waals surface area contributed by atoms with Gasteiger partial charge >= 0.3 is 29.6 Å². The zero-order chi connectivity index (χ0) is 22.1. The second kappa shape index (κ2) is 10.3. The van der Waals surface area contributed by atoms with Crippen molar-refractivity contribution >= 4 is 65.6 Å². The Kier molecular flexibility index (Phi) is 8.70. The maximum Gasteiger partial charge on any atom is 1.00 e. The summed E-state index contributed by atoms with van der Waals surface area (Å²) < 4.78 is 58.5. The van der Waals surface area contributed by atoms with Crippen LogP contribution in [-0.2, 0) is 20.1 Å². The van der Waals surface area contributed by atoms with E-state index in [0.717, 1.165) is 22.7 Å². The van der Waals surface area contributed by atoms with E-state index in [-0.39, 0.29) is 50.2 Å². The van der Waals surface area contributed by atoms with Crippen LogP contribution in [0.1, 0.15) is 5.69 Å². The van der Waals surface area contributed by atoms with Gasteiger partial charge in [-0.2, -0.15) is 0 Å². The quantitative estimate of drug-likeness (QED) is 0.276.